The molecule has 0 saturated carbocycles. The number of nitrogens with one attached hydrogen (secondary N) is 1. The maximum absolute atomic E-state index is 13.4. The molecule has 2 rings (SSSR count). The Bertz CT molecular complexity index is 984. The van der Waals surface area contributed by atoms with Crippen molar-refractivity contribution in [2.75, 3.05) is 12.3 Å². The average Bonchev–Trinajstić information content (AvgIpc) is 2.63. The van der Waals surface area contributed by atoms with Crippen LogP contribution in [0.1, 0.15) is 21.7 Å². The molecule has 0 aromatic carbocycles. The lowest BCUT2D eigenvalue weighted by Gasteiger charge is -2.33. The minimum Gasteiger partial charge on any atom is -0.397 e. The van der Waals surface area contributed by atoms with Gasteiger partial charge in [-0.15, -0.1) is 0 Å². The van der Waals surface area contributed by atoms with Gasteiger partial charge < -0.3 is 16.8 Å². The van der Waals surface area contributed by atoms with Crippen LogP contribution in [0.3, 0.4) is 0 Å². The minimum absolute atomic E-state index is 0.226. The standard InChI is InChI=1S/C17H14F9N5O/c1-7-2-3-8(5-29-7)11-9(15(18,19)20)4-10(27)12(31-11)13(32)30-6-14(28,16(21,22)23)17(24,25)26/h2-5H,6,27-28H2,1H3,(H,30,32). The van der Waals surface area contributed by atoms with Gasteiger partial charge in [-0.2, -0.15) is 39.5 Å². The summed E-state index contributed by atoms with van der Waals surface area (Å²) in [5.41, 5.74) is 1.02. The Kier molecular flexibility index (Phi) is 6.38. The molecule has 1 amide bonds. The molecule has 2 aromatic heterocycles. The largest absolute Gasteiger partial charge is 0.418 e. The van der Waals surface area contributed by atoms with Gasteiger partial charge in [0.15, 0.2) is 5.69 Å². The molecule has 0 radical (unpaired) electrons. The van der Waals surface area contributed by atoms with Crippen molar-refractivity contribution in [2.24, 2.45) is 5.73 Å². The van der Waals surface area contributed by atoms with E-state index in [0.717, 1.165) is 6.20 Å². The van der Waals surface area contributed by atoms with Crippen molar-refractivity contribution in [2.45, 2.75) is 31.0 Å². The summed E-state index contributed by atoms with van der Waals surface area (Å²) in [5.74, 6) is -1.69. The van der Waals surface area contributed by atoms with Gasteiger partial charge >= 0.3 is 18.5 Å². The van der Waals surface area contributed by atoms with Crippen LogP contribution < -0.4 is 16.8 Å². The highest BCUT2D eigenvalue weighted by Crippen LogP contribution is 2.41. The number of pyridine rings is 2. The predicted octanol–water partition coefficient (Wildman–Crippen LogP) is 3.60. The lowest BCUT2D eigenvalue weighted by atomic mass is 9.99. The third-order valence-corrected chi connectivity index (χ3v) is 4.30. The zero-order chi connectivity index (χ0) is 24.7. The number of aryl methyl sites for hydroxylation is 1. The molecular weight excluding hydrogens is 461 g/mol. The number of nitrogens with two attached hydrogens (primary N) is 2. The van der Waals surface area contributed by atoms with Crippen LogP contribution in [-0.2, 0) is 6.18 Å². The molecule has 32 heavy (non-hydrogen) atoms. The van der Waals surface area contributed by atoms with Crippen LogP contribution in [0.2, 0.25) is 0 Å². The van der Waals surface area contributed by atoms with Crippen molar-refractivity contribution < 1.29 is 44.3 Å². The van der Waals surface area contributed by atoms with E-state index in [4.69, 9.17) is 5.73 Å². The smallest absolute Gasteiger partial charge is 0.397 e. The molecular formula is C17H14F9N5O. The van der Waals surface area contributed by atoms with Crippen molar-refractivity contribution >= 4 is 11.6 Å². The van der Waals surface area contributed by atoms with Gasteiger partial charge in [0.1, 0.15) is 0 Å². The van der Waals surface area contributed by atoms with E-state index in [-0.39, 0.29) is 5.56 Å². The number of rotatable bonds is 4. The van der Waals surface area contributed by atoms with E-state index in [0.29, 0.717) is 11.8 Å². The fourth-order valence-electron chi connectivity index (χ4n) is 2.42. The van der Waals surface area contributed by atoms with Crippen LogP contribution in [0, 0.1) is 6.92 Å². The maximum Gasteiger partial charge on any atom is 0.418 e. The summed E-state index contributed by atoms with van der Waals surface area (Å²) in [6.45, 7) is -0.632. The highest BCUT2D eigenvalue weighted by molar-refractivity contribution is 5.98. The molecule has 0 fully saturated rings. The first kappa shape index (κ1) is 25.2. The molecule has 2 heterocycles. The minimum atomic E-state index is -6.00. The molecule has 0 aliphatic carbocycles. The Morgan fingerprint density at radius 3 is 2.03 bits per heavy atom. The molecule has 2 aromatic rings. The summed E-state index contributed by atoms with van der Waals surface area (Å²) >= 11 is 0. The molecule has 0 atom stereocenters. The quantitative estimate of drug-likeness (QED) is 0.586. The van der Waals surface area contributed by atoms with Crippen molar-refractivity contribution in [3.63, 3.8) is 0 Å². The first-order chi connectivity index (χ1) is 14.4. The predicted molar refractivity (Wildman–Crippen MR) is 93.0 cm³/mol. The van der Waals surface area contributed by atoms with Gasteiger partial charge in [-0.25, -0.2) is 4.98 Å². The van der Waals surface area contributed by atoms with Crippen LogP contribution in [0.15, 0.2) is 24.4 Å². The second-order valence-corrected chi connectivity index (χ2v) is 6.66. The average molecular weight is 475 g/mol. The Morgan fingerprint density at radius 2 is 1.59 bits per heavy atom. The van der Waals surface area contributed by atoms with Gasteiger partial charge in [0.25, 0.3) is 5.91 Å². The van der Waals surface area contributed by atoms with Gasteiger partial charge in [0.2, 0.25) is 5.54 Å². The molecule has 0 aliphatic heterocycles. The fraction of sp³-hybridized carbons (Fsp3) is 0.353. The van der Waals surface area contributed by atoms with Gasteiger partial charge in [0, 0.05) is 17.5 Å². The second kappa shape index (κ2) is 8.11. The number of nitrogens with zero attached hydrogens (tertiary/aromatic N) is 2. The Labute approximate surface area is 173 Å². The van der Waals surface area contributed by atoms with Crippen LogP contribution in [0.25, 0.3) is 11.3 Å². The summed E-state index contributed by atoms with van der Waals surface area (Å²) in [6, 6.07) is 2.79. The highest BCUT2D eigenvalue weighted by atomic mass is 19.4. The monoisotopic (exact) mass is 475 g/mol. The van der Waals surface area contributed by atoms with Gasteiger partial charge in [-0.05, 0) is 25.1 Å². The van der Waals surface area contributed by atoms with E-state index >= 15 is 0 Å². The van der Waals surface area contributed by atoms with Crippen LogP contribution in [0.5, 0.6) is 0 Å². The molecule has 176 valence electrons. The van der Waals surface area contributed by atoms with Crippen molar-refractivity contribution in [3.8, 4) is 11.3 Å². The number of amides is 1. The molecule has 0 aliphatic rings. The van der Waals surface area contributed by atoms with E-state index in [2.05, 4.69) is 15.7 Å². The molecule has 5 N–H and O–H groups in total. The fourth-order valence-corrected chi connectivity index (χ4v) is 2.42. The van der Waals surface area contributed by atoms with E-state index < -0.39 is 59.2 Å². The van der Waals surface area contributed by atoms with Crippen molar-refractivity contribution in [3.05, 3.63) is 41.3 Å². The molecule has 15 heteroatoms. The summed E-state index contributed by atoms with van der Waals surface area (Å²) in [6.07, 6.45) is -16.0. The number of anilines is 1. The number of hydrogen-bond donors (Lipinski definition) is 3. The van der Waals surface area contributed by atoms with Gasteiger partial charge in [-0.1, -0.05) is 0 Å². The third-order valence-electron chi connectivity index (χ3n) is 4.30. The topological polar surface area (TPSA) is 107 Å². The van der Waals surface area contributed by atoms with E-state index in [1.54, 1.807) is 0 Å². The van der Waals surface area contributed by atoms with Crippen molar-refractivity contribution in [1.82, 2.24) is 15.3 Å². The highest BCUT2D eigenvalue weighted by Gasteiger charge is 2.68. The first-order valence-corrected chi connectivity index (χ1v) is 8.40. The van der Waals surface area contributed by atoms with Crippen LogP contribution in [-0.4, -0.2) is 40.3 Å². The maximum atomic E-state index is 13.4. The molecule has 0 saturated heterocycles. The Hall–Kier alpha value is -3.10. The van der Waals surface area contributed by atoms with E-state index in [1.165, 1.54) is 24.4 Å². The Morgan fingerprint density at radius 1 is 1.03 bits per heavy atom. The third kappa shape index (κ3) is 4.87. The molecule has 0 spiro atoms. The zero-order valence-corrected chi connectivity index (χ0v) is 15.9. The summed E-state index contributed by atoms with van der Waals surface area (Å²) < 4.78 is 117. The SMILES string of the molecule is Cc1ccc(-c2nc(C(=O)NCC(N)(C(F)(F)F)C(F)(F)F)c(N)cc2C(F)(F)F)cn1. The summed E-state index contributed by atoms with van der Waals surface area (Å²) in [7, 11) is 0. The number of carbonyl (C=O) groups excluding carboxylic acids is 1. The number of halogens is 9. The number of nitrogen functional groups attached to an aromatic ring is 1. The normalized spacial score (nSPS) is 13.2. The number of aromatic nitrogens is 2. The van der Waals surface area contributed by atoms with Crippen LogP contribution >= 0.6 is 0 Å². The van der Waals surface area contributed by atoms with Crippen molar-refractivity contribution in [1.29, 1.82) is 0 Å². The van der Waals surface area contributed by atoms with Gasteiger partial charge in [0.05, 0.1) is 23.5 Å². The number of hydrogen-bond acceptors (Lipinski definition) is 5. The molecule has 0 bridgehead atoms. The summed E-state index contributed by atoms with van der Waals surface area (Å²) in [4.78, 5) is 19.5. The lowest BCUT2D eigenvalue weighted by Crippen LogP contribution is -2.69. The first-order valence-electron chi connectivity index (χ1n) is 8.40. The molecule has 6 nitrogen and oxygen atoms in total. The Balaban J connectivity index is 2.50. The van der Waals surface area contributed by atoms with Crippen LogP contribution in [0.4, 0.5) is 45.2 Å². The second-order valence-electron chi connectivity index (χ2n) is 6.66. The van der Waals surface area contributed by atoms with E-state index in [9.17, 15) is 44.3 Å². The van der Waals surface area contributed by atoms with E-state index in [1.807, 2.05) is 0 Å². The van der Waals surface area contributed by atoms with Gasteiger partial charge in [-0.3, -0.25) is 9.78 Å². The number of alkyl halides is 9. The number of carbonyl (C=O) groups is 1. The molecule has 0 unspecified atom stereocenters. The zero-order valence-electron chi connectivity index (χ0n) is 15.9. The lowest BCUT2D eigenvalue weighted by molar-refractivity contribution is -0.293. The summed E-state index contributed by atoms with van der Waals surface area (Å²) in [5, 5.41) is 1.30.